The van der Waals surface area contributed by atoms with Gasteiger partial charge >= 0.3 is 6.01 Å². The third-order valence-corrected chi connectivity index (χ3v) is 9.07. The second-order valence-corrected chi connectivity index (χ2v) is 12.6. The number of piperazine rings is 1. The number of nitriles is 1. The molecule has 3 aliphatic rings. The predicted molar refractivity (Wildman–Crippen MR) is 169 cm³/mol. The molecular formula is C34H43N7O. The van der Waals surface area contributed by atoms with Crippen LogP contribution in [0.2, 0.25) is 0 Å². The molecule has 8 heteroatoms. The second-order valence-electron chi connectivity index (χ2n) is 12.6. The SMILES string of the molecule is CC=CN1CCN(c2nc(OCC3(CN(C)C)CC3)nc3c2CCN(c2cccc4cccc(C)c24)C3)CC1CC#N. The summed E-state index contributed by atoms with van der Waals surface area (Å²) >= 11 is 0. The molecule has 0 radical (unpaired) electrons. The highest BCUT2D eigenvalue weighted by molar-refractivity contribution is 5.97. The zero-order chi connectivity index (χ0) is 29.3. The van der Waals surface area contributed by atoms with E-state index >= 15 is 0 Å². The molecule has 2 fully saturated rings. The van der Waals surface area contributed by atoms with Gasteiger partial charge in [-0.2, -0.15) is 15.2 Å². The highest BCUT2D eigenvalue weighted by atomic mass is 16.5. The summed E-state index contributed by atoms with van der Waals surface area (Å²) in [6.45, 7) is 9.99. The quantitative estimate of drug-likeness (QED) is 0.352. The van der Waals surface area contributed by atoms with Crippen LogP contribution in [0, 0.1) is 23.7 Å². The van der Waals surface area contributed by atoms with Crippen LogP contribution in [0.15, 0.2) is 48.7 Å². The van der Waals surface area contributed by atoms with Gasteiger partial charge in [-0.15, -0.1) is 0 Å². The molecule has 6 rings (SSSR count). The van der Waals surface area contributed by atoms with E-state index < -0.39 is 0 Å². The molecule has 0 bridgehead atoms. The minimum atomic E-state index is 0.128. The maximum Gasteiger partial charge on any atom is 0.318 e. The van der Waals surface area contributed by atoms with Gasteiger partial charge in [-0.1, -0.05) is 36.4 Å². The van der Waals surface area contributed by atoms with E-state index in [1.807, 2.05) is 6.92 Å². The van der Waals surface area contributed by atoms with Crippen molar-refractivity contribution >= 4 is 22.3 Å². The van der Waals surface area contributed by atoms with Crippen molar-refractivity contribution in [1.82, 2.24) is 19.8 Å². The molecule has 1 saturated carbocycles. The number of aryl methyl sites for hydroxylation is 1. The number of fused-ring (bicyclic) bond motifs is 2. The lowest BCUT2D eigenvalue weighted by Crippen LogP contribution is -2.51. The van der Waals surface area contributed by atoms with E-state index in [1.165, 1.54) is 40.4 Å². The molecule has 3 aromatic rings. The number of allylic oxidation sites excluding steroid dienone is 1. The van der Waals surface area contributed by atoms with Crippen LogP contribution in [0.25, 0.3) is 10.8 Å². The van der Waals surface area contributed by atoms with Crippen LogP contribution in [0.3, 0.4) is 0 Å². The summed E-state index contributed by atoms with van der Waals surface area (Å²) in [4.78, 5) is 19.5. The van der Waals surface area contributed by atoms with Crippen molar-refractivity contribution in [3.8, 4) is 12.1 Å². The van der Waals surface area contributed by atoms with Crippen LogP contribution in [-0.2, 0) is 13.0 Å². The molecule has 1 aliphatic carbocycles. The number of aromatic nitrogens is 2. The highest BCUT2D eigenvalue weighted by Gasteiger charge is 2.44. The van der Waals surface area contributed by atoms with Crippen molar-refractivity contribution in [1.29, 1.82) is 5.26 Å². The van der Waals surface area contributed by atoms with Gasteiger partial charge in [0.05, 0.1) is 37.4 Å². The first-order valence-corrected chi connectivity index (χ1v) is 15.3. The topological polar surface area (TPSA) is 71.8 Å². The first kappa shape index (κ1) is 28.3. The molecule has 1 unspecified atom stereocenters. The lowest BCUT2D eigenvalue weighted by molar-refractivity contribution is 0.182. The smallest absolute Gasteiger partial charge is 0.318 e. The maximum atomic E-state index is 9.57. The van der Waals surface area contributed by atoms with Gasteiger partial charge < -0.3 is 24.3 Å². The number of hydrogen-bond acceptors (Lipinski definition) is 8. The summed E-state index contributed by atoms with van der Waals surface area (Å²) in [5, 5.41) is 12.2. The molecule has 0 spiro atoms. The first-order valence-electron chi connectivity index (χ1n) is 15.3. The summed E-state index contributed by atoms with van der Waals surface area (Å²) < 4.78 is 6.43. The Labute approximate surface area is 250 Å². The Balaban J connectivity index is 1.34. The molecule has 0 amide bonds. The van der Waals surface area contributed by atoms with Crippen molar-refractivity contribution < 1.29 is 4.74 Å². The predicted octanol–water partition coefficient (Wildman–Crippen LogP) is 5.16. The van der Waals surface area contributed by atoms with Crippen LogP contribution in [-0.4, -0.2) is 79.2 Å². The van der Waals surface area contributed by atoms with Crippen molar-refractivity contribution in [2.45, 2.75) is 52.1 Å². The third kappa shape index (κ3) is 5.76. The second kappa shape index (κ2) is 11.8. The minimum Gasteiger partial charge on any atom is -0.463 e. The number of anilines is 2. The van der Waals surface area contributed by atoms with Crippen molar-refractivity contribution in [2.24, 2.45) is 5.41 Å². The Morgan fingerprint density at radius 3 is 2.64 bits per heavy atom. The van der Waals surface area contributed by atoms with E-state index in [4.69, 9.17) is 14.7 Å². The van der Waals surface area contributed by atoms with Gasteiger partial charge in [-0.05, 0) is 70.4 Å². The normalized spacial score (nSPS) is 19.8. The Hall–Kier alpha value is -3.83. The fourth-order valence-corrected chi connectivity index (χ4v) is 6.84. The average molecular weight is 566 g/mol. The molecule has 1 atom stereocenters. The molecule has 2 aliphatic heterocycles. The highest BCUT2D eigenvalue weighted by Crippen LogP contribution is 2.46. The van der Waals surface area contributed by atoms with E-state index in [0.29, 0.717) is 19.0 Å². The van der Waals surface area contributed by atoms with Crippen LogP contribution in [0.1, 0.15) is 43.0 Å². The lowest BCUT2D eigenvalue weighted by Gasteiger charge is -2.42. The summed E-state index contributed by atoms with van der Waals surface area (Å²) in [7, 11) is 4.25. The third-order valence-electron chi connectivity index (χ3n) is 9.07. The average Bonchev–Trinajstić information content (AvgIpc) is 3.75. The molecule has 42 heavy (non-hydrogen) atoms. The zero-order valence-corrected chi connectivity index (χ0v) is 25.5. The molecule has 0 N–H and O–H groups in total. The minimum absolute atomic E-state index is 0.128. The number of hydrogen-bond donors (Lipinski definition) is 0. The molecule has 1 saturated heterocycles. The van der Waals surface area contributed by atoms with E-state index in [1.54, 1.807) is 0 Å². The van der Waals surface area contributed by atoms with Crippen LogP contribution < -0.4 is 14.5 Å². The molecule has 220 valence electrons. The fraction of sp³-hybridized carbons (Fsp3) is 0.500. The standard InChI is InChI=1S/C34H43N7O/c1-5-17-39-19-20-41(21-27(39)12-16-35)32-28-13-18-40(30-11-7-10-26-9-6-8-25(2)31(26)30)22-29(28)36-33(37-32)42-24-34(14-15-34)23-38(3)4/h5-11,17,27H,12-15,18-24H2,1-4H3. The Kier molecular flexibility index (Phi) is 7.96. The van der Waals surface area contributed by atoms with Crippen molar-refractivity contribution in [3.05, 3.63) is 65.5 Å². The first-order chi connectivity index (χ1) is 20.4. The van der Waals surface area contributed by atoms with E-state index in [9.17, 15) is 5.26 Å². The van der Waals surface area contributed by atoms with E-state index in [-0.39, 0.29) is 11.5 Å². The Morgan fingerprint density at radius 1 is 1.10 bits per heavy atom. The van der Waals surface area contributed by atoms with Crippen molar-refractivity contribution in [3.63, 3.8) is 0 Å². The van der Waals surface area contributed by atoms with Gasteiger partial charge in [-0.25, -0.2) is 0 Å². The summed E-state index contributed by atoms with van der Waals surface area (Å²) in [6.07, 6.45) is 7.89. The van der Waals surface area contributed by atoms with Crippen LogP contribution in [0.4, 0.5) is 11.5 Å². The zero-order valence-electron chi connectivity index (χ0n) is 25.5. The van der Waals surface area contributed by atoms with Gasteiger partial charge in [0.1, 0.15) is 5.82 Å². The van der Waals surface area contributed by atoms with Crippen LogP contribution in [0.5, 0.6) is 6.01 Å². The maximum absolute atomic E-state index is 9.57. The molecule has 1 aromatic heterocycles. The van der Waals surface area contributed by atoms with Gasteiger partial charge in [0.25, 0.3) is 0 Å². The van der Waals surface area contributed by atoms with Crippen molar-refractivity contribution in [2.75, 3.05) is 63.2 Å². The summed E-state index contributed by atoms with van der Waals surface area (Å²) in [5.74, 6) is 0.990. The molecule has 8 nitrogen and oxygen atoms in total. The van der Waals surface area contributed by atoms with E-state index in [0.717, 1.165) is 57.2 Å². The van der Waals surface area contributed by atoms with Gasteiger partial charge in [-0.3, -0.25) is 0 Å². The number of nitrogens with zero attached hydrogens (tertiary/aromatic N) is 7. The lowest BCUT2D eigenvalue weighted by atomic mass is 9.99. The number of ether oxygens (including phenoxy) is 1. The Morgan fingerprint density at radius 2 is 1.90 bits per heavy atom. The fourth-order valence-electron chi connectivity index (χ4n) is 6.84. The van der Waals surface area contributed by atoms with E-state index in [2.05, 4.69) is 95.4 Å². The van der Waals surface area contributed by atoms with Gasteiger partial charge in [0, 0.05) is 54.8 Å². The molecular weight excluding hydrogens is 522 g/mol. The van der Waals surface area contributed by atoms with Crippen LogP contribution >= 0.6 is 0 Å². The van der Waals surface area contributed by atoms with Gasteiger partial charge in [0.15, 0.2) is 0 Å². The largest absolute Gasteiger partial charge is 0.463 e. The van der Waals surface area contributed by atoms with Gasteiger partial charge in [0.2, 0.25) is 0 Å². The number of rotatable bonds is 9. The Bertz CT molecular complexity index is 1500. The number of benzene rings is 2. The molecule has 3 heterocycles. The molecule has 2 aromatic carbocycles. The monoisotopic (exact) mass is 565 g/mol. The summed E-state index contributed by atoms with van der Waals surface area (Å²) in [6, 6.07) is 16.1. The summed E-state index contributed by atoms with van der Waals surface area (Å²) in [5.41, 5.74) is 5.03.